The molecule has 5 unspecified atom stereocenters. The number of fused-ring (bicyclic) bond motifs is 1. The molecule has 1 aliphatic heterocycles. The number of carbonyl (C=O) groups excluding carboxylic acids is 2. The molecule has 0 radical (unpaired) electrons. The molecule has 28 heavy (non-hydrogen) atoms. The van der Waals surface area contributed by atoms with Crippen molar-refractivity contribution in [1.82, 2.24) is 16.0 Å². The highest BCUT2D eigenvalue weighted by Gasteiger charge is 2.49. The van der Waals surface area contributed by atoms with E-state index in [-0.39, 0.29) is 24.3 Å². The number of hydrogen-bond donors (Lipinski definition) is 4. The van der Waals surface area contributed by atoms with Gasteiger partial charge in [-0.15, -0.1) is 0 Å². The van der Waals surface area contributed by atoms with Gasteiger partial charge < -0.3 is 21.1 Å². The fourth-order valence-electron chi connectivity index (χ4n) is 6.13. The predicted molar refractivity (Wildman–Crippen MR) is 107 cm³/mol. The molecule has 0 spiro atoms. The number of hydrogen-bond acceptors (Lipinski definition) is 4. The van der Waals surface area contributed by atoms with Gasteiger partial charge in [-0.25, -0.2) is 0 Å². The first-order valence-electron chi connectivity index (χ1n) is 11.6. The van der Waals surface area contributed by atoms with Crippen molar-refractivity contribution in [3.8, 4) is 0 Å². The largest absolute Gasteiger partial charge is 0.395 e. The molecule has 0 bridgehead atoms. The topological polar surface area (TPSA) is 90.5 Å². The van der Waals surface area contributed by atoms with E-state index in [0.29, 0.717) is 30.3 Å². The highest BCUT2D eigenvalue weighted by molar-refractivity contribution is 5.82. The number of rotatable bonds is 6. The minimum absolute atomic E-state index is 0.000757. The van der Waals surface area contributed by atoms with E-state index in [1.807, 2.05) is 0 Å². The number of aliphatic hydroxyl groups is 1. The number of piperidine rings is 1. The van der Waals surface area contributed by atoms with Crippen LogP contribution in [0, 0.1) is 35.5 Å². The van der Waals surface area contributed by atoms with Crippen LogP contribution in [0.5, 0.6) is 0 Å². The van der Waals surface area contributed by atoms with Gasteiger partial charge in [-0.3, -0.25) is 9.59 Å². The van der Waals surface area contributed by atoms with E-state index in [1.54, 1.807) is 0 Å². The molecule has 4 rings (SSSR count). The highest BCUT2D eigenvalue weighted by Crippen LogP contribution is 2.50. The summed E-state index contributed by atoms with van der Waals surface area (Å²) in [6.45, 7) is 2.64. The van der Waals surface area contributed by atoms with Crippen LogP contribution in [0.25, 0.3) is 0 Å². The van der Waals surface area contributed by atoms with Gasteiger partial charge in [0.1, 0.15) is 0 Å². The Morgan fingerprint density at radius 3 is 2.46 bits per heavy atom. The van der Waals surface area contributed by atoms with Crippen molar-refractivity contribution in [2.45, 2.75) is 63.8 Å². The van der Waals surface area contributed by atoms with Crippen molar-refractivity contribution in [3.63, 3.8) is 0 Å². The second-order valence-electron chi connectivity index (χ2n) is 9.66. The van der Waals surface area contributed by atoms with E-state index in [2.05, 4.69) is 16.0 Å². The van der Waals surface area contributed by atoms with Gasteiger partial charge in [-0.2, -0.15) is 0 Å². The van der Waals surface area contributed by atoms with Gasteiger partial charge in [-0.05, 0) is 94.5 Å². The maximum absolute atomic E-state index is 12.8. The summed E-state index contributed by atoms with van der Waals surface area (Å²) in [7, 11) is 0. The van der Waals surface area contributed by atoms with Crippen LogP contribution >= 0.6 is 0 Å². The van der Waals surface area contributed by atoms with Crippen LogP contribution < -0.4 is 16.0 Å². The van der Waals surface area contributed by atoms with Crippen molar-refractivity contribution in [1.29, 1.82) is 0 Å². The van der Waals surface area contributed by atoms with Gasteiger partial charge in [0, 0.05) is 24.4 Å². The zero-order chi connectivity index (χ0) is 19.5. The maximum Gasteiger partial charge on any atom is 0.223 e. The Labute approximate surface area is 168 Å². The average Bonchev–Trinajstić information content (AvgIpc) is 3.53. The molecule has 0 aromatic rings. The van der Waals surface area contributed by atoms with Crippen LogP contribution in [0.4, 0.5) is 0 Å². The predicted octanol–water partition coefficient (Wildman–Crippen LogP) is 1.43. The van der Waals surface area contributed by atoms with Crippen LogP contribution in [0.1, 0.15) is 57.8 Å². The summed E-state index contributed by atoms with van der Waals surface area (Å²) >= 11 is 0. The summed E-state index contributed by atoms with van der Waals surface area (Å²) in [5, 5.41) is 18.5. The zero-order valence-electron chi connectivity index (χ0n) is 17.0. The molecule has 3 aliphatic carbocycles. The first-order valence-corrected chi connectivity index (χ1v) is 11.6. The van der Waals surface area contributed by atoms with Crippen LogP contribution in [0.3, 0.4) is 0 Å². The van der Waals surface area contributed by atoms with E-state index < -0.39 is 0 Å². The molecule has 0 aromatic heterocycles. The molecule has 1 heterocycles. The van der Waals surface area contributed by atoms with Crippen LogP contribution in [0.15, 0.2) is 0 Å². The Bertz CT molecular complexity index is 561. The minimum atomic E-state index is -0.000757. The Balaban J connectivity index is 1.17. The smallest absolute Gasteiger partial charge is 0.223 e. The van der Waals surface area contributed by atoms with E-state index in [1.165, 1.54) is 19.3 Å². The van der Waals surface area contributed by atoms with Gasteiger partial charge in [-0.1, -0.05) is 0 Å². The lowest BCUT2D eigenvalue weighted by Gasteiger charge is -2.39. The summed E-state index contributed by atoms with van der Waals surface area (Å²) in [6, 6.07) is 0.388. The Morgan fingerprint density at radius 2 is 1.68 bits per heavy atom. The molecule has 6 heteroatoms. The normalized spacial score (nSPS) is 40.2. The first-order chi connectivity index (χ1) is 13.7. The third kappa shape index (κ3) is 4.70. The lowest BCUT2D eigenvalue weighted by Crippen LogP contribution is -2.46. The number of carbonyl (C=O) groups is 2. The van der Waals surface area contributed by atoms with E-state index in [4.69, 9.17) is 5.11 Å². The lowest BCUT2D eigenvalue weighted by atomic mass is 9.73. The summed E-state index contributed by atoms with van der Waals surface area (Å²) in [4.78, 5) is 24.8. The first kappa shape index (κ1) is 20.1. The Kier molecular flexibility index (Phi) is 6.56. The number of aliphatic hydroxyl groups excluding tert-OH is 1. The van der Waals surface area contributed by atoms with Crippen molar-refractivity contribution in [2.24, 2.45) is 35.5 Å². The van der Waals surface area contributed by atoms with Gasteiger partial charge >= 0.3 is 0 Å². The third-order valence-corrected chi connectivity index (χ3v) is 7.92. The van der Waals surface area contributed by atoms with Crippen LogP contribution in [-0.4, -0.2) is 49.2 Å². The van der Waals surface area contributed by atoms with Crippen molar-refractivity contribution < 1.29 is 14.7 Å². The number of amides is 2. The highest BCUT2D eigenvalue weighted by atomic mass is 16.3. The monoisotopic (exact) mass is 391 g/mol. The second-order valence-corrected chi connectivity index (χ2v) is 9.66. The fraction of sp³-hybridized carbons (Fsp3) is 0.909. The quantitative estimate of drug-likeness (QED) is 0.551. The molecule has 1 saturated heterocycles. The molecular weight excluding hydrogens is 354 g/mol. The average molecular weight is 392 g/mol. The maximum atomic E-state index is 12.8. The van der Waals surface area contributed by atoms with E-state index in [9.17, 15) is 9.59 Å². The summed E-state index contributed by atoms with van der Waals surface area (Å²) in [5.74, 6) is 3.46. The molecular formula is C22H37N3O3. The Hall–Kier alpha value is -1.14. The number of nitrogens with one attached hydrogen (secondary N) is 3. The third-order valence-electron chi connectivity index (χ3n) is 7.92. The second kappa shape index (κ2) is 9.12. The molecule has 4 N–H and O–H groups in total. The molecule has 158 valence electrons. The molecule has 4 aliphatic rings. The standard InChI is InChI=1S/C22H37N3O3/c26-10-9-24-21(27)15-3-1-14(2-4-15)19-12-20(19)22(28)25-18-6-5-17-13-23-8-7-16(17)11-18/h14-20,23,26H,1-13H2,(H,24,27)(H,25,28). The summed E-state index contributed by atoms with van der Waals surface area (Å²) in [6.07, 6.45) is 9.83. The minimum Gasteiger partial charge on any atom is -0.395 e. The molecule has 2 amide bonds. The van der Waals surface area contributed by atoms with Crippen molar-refractivity contribution >= 4 is 11.8 Å². The molecule has 6 nitrogen and oxygen atoms in total. The summed E-state index contributed by atoms with van der Waals surface area (Å²) < 4.78 is 0. The summed E-state index contributed by atoms with van der Waals surface area (Å²) in [5.41, 5.74) is 0. The van der Waals surface area contributed by atoms with Gasteiger partial charge in [0.2, 0.25) is 11.8 Å². The lowest BCUT2D eigenvalue weighted by molar-refractivity contribution is -0.127. The molecule has 4 fully saturated rings. The van der Waals surface area contributed by atoms with Crippen LogP contribution in [-0.2, 0) is 9.59 Å². The van der Waals surface area contributed by atoms with E-state index >= 15 is 0 Å². The van der Waals surface area contributed by atoms with E-state index in [0.717, 1.165) is 63.5 Å². The van der Waals surface area contributed by atoms with Gasteiger partial charge in [0.15, 0.2) is 0 Å². The van der Waals surface area contributed by atoms with Gasteiger partial charge in [0.05, 0.1) is 6.61 Å². The SMILES string of the molecule is O=C(NCCO)C1CCC(C2CC2C(=O)NC2CCC3CNCCC3C2)CC1. The molecule has 3 saturated carbocycles. The van der Waals surface area contributed by atoms with Crippen molar-refractivity contribution in [3.05, 3.63) is 0 Å². The van der Waals surface area contributed by atoms with Crippen molar-refractivity contribution in [2.75, 3.05) is 26.2 Å². The van der Waals surface area contributed by atoms with Gasteiger partial charge in [0.25, 0.3) is 0 Å². The van der Waals surface area contributed by atoms with Crippen LogP contribution in [0.2, 0.25) is 0 Å². The molecule has 0 aromatic carbocycles. The fourth-order valence-corrected chi connectivity index (χ4v) is 6.13. The molecule has 5 atom stereocenters. The zero-order valence-corrected chi connectivity index (χ0v) is 17.0. The Morgan fingerprint density at radius 1 is 0.893 bits per heavy atom.